The number of carbonyl (C=O) groups is 1. The first-order valence-corrected chi connectivity index (χ1v) is 9.33. The maximum atomic E-state index is 12.6. The van der Waals surface area contributed by atoms with Crippen LogP contribution in [0.4, 0.5) is 13.2 Å². The molecule has 1 unspecified atom stereocenters. The molecule has 0 spiro atoms. The summed E-state index contributed by atoms with van der Waals surface area (Å²) in [5.74, 6) is 0.431. The van der Waals surface area contributed by atoms with Gasteiger partial charge in [0.1, 0.15) is 0 Å². The first-order chi connectivity index (χ1) is 12.8. The number of likely N-dealkylation sites (tertiary alicyclic amines) is 1. The predicted molar refractivity (Wildman–Crippen MR) is 99.5 cm³/mol. The molecule has 1 fully saturated rings. The van der Waals surface area contributed by atoms with Crippen LogP contribution in [0.25, 0.3) is 0 Å². The molecular weight excluding hydrogens is 351 g/mol. The lowest BCUT2D eigenvalue weighted by Crippen LogP contribution is -2.39. The van der Waals surface area contributed by atoms with Gasteiger partial charge in [0.2, 0.25) is 5.91 Å². The quantitative estimate of drug-likeness (QED) is 0.705. The van der Waals surface area contributed by atoms with Gasteiger partial charge in [-0.3, -0.25) is 4.79 Å². The van der Waals surface area contributed by atoms with Gasteiger partial charge >= 0.3 is 6.18 Å². The summed E-state index contributed by atoms with van der Waals surface area (Å²) in [5, 5.41) is 0. The Morgan fingerprint density at radius 1 is 1.15 bits per heavy atom. The lowest BCUT2D eigenvalue weighted by molar-refractivity contribution is -0.137. The van der Waals surface area contributed by atoms with Gasteiger partial charge in [-0.05, 0) is 49.4 Å². The van der Waals surface area contributed by atoms with E-state index in [9.17, 15) is 18.0 Å². The number of benzene rings is 2. The van der Waals surface area contributed by atoms with Crippen molar-refractivity contribution >= 4 is 5.91 Å². The number of nitrogens with zero attached hydrogens (tertiary/aromatic N) is 1. The van der Waals surface area contributed by atoms with Gasteiger partial charge in [0.15, 0.2) is 0 Å². The molecule has 0 bridgehead atoms. The Balaban J connectivity index is 1.56. The number of alkyl halides is 3. The Kier molecular flexibility index (Phi) is 5.88. The Hall–Kier alpha value is -2.30. The van der Waals surface area contributed by atoms with Crippen molar-refractivity contribution in [3.8, 4) is 0 Å². The molecule has 1 heterocycles. The molecule has 1 amide bonds. The highest BCUT2D eigenvalue weighted by atomic mass is 19.4. The third kappa shape index (κ3) is 5.12. The Morgan fingerprint density at radius 3 is 2.56 bits per heavy atom. The number of hydrogen-bond acceptors (Lipinski definition) is 1. The van der Waals surface area contributed by atoms with E-state index in [-0.39, 0.29) is 5.91 Å². The van der Waals surface area contributed by atoms with E-state index in [0.29, 0.717) is 18.8 Å². The lowest BCUT2D eigenvalue weighted by Gasteiger charge is -2.33. The first kappa shape index (κ1) is 19.5. The molecule has 3 rings (SSSR count). The van der Waals surface area contributed by atoms with E-state index in [1.54, 1.807) is 0 Å². The molecule has 1 atom stereocenters. The number of halogens is 3. The molecule has 144 valence electrons. The molecule has 27 heavy (non-hydrogen) atoms. The summed E-state index contributed by atoms with van der Waals surface area (Å²) in [6, 6.07) is 13.5. The highest BCUT2D eigenvalue weighted by Crippen LogP contribution is 2.30. The highest BCUT2D eigenvalue weighted by Gasteiger charge is 2.30. The number of hydrogen-bond donors (Lipinski definition) is 0. The topological polar surface area (TPSA) is 20.3 Å². The van der Waals surface area contributed by atoms with E-state index >= 15 is 0 Å². The van der Waals surface area contributed by atoms with Crippen LogP contribution in [0.15, 0.2) is 48.5 Å². The van der Waals surface area contributed by atoms with Crippen LogP contribution in [0.3, 0.4) is 0 Å². The number of piperidine rings is 1. The number of aryl methyl sites for hydroxylation is 2. The van der Waals surface area contributed by atoms with Gasteiger partial charge in [0.25, 0.3) is 0 Å². The molecule has 0 aliphatic carbocycles. The average molecular weight is 375 g/mol. The lowest BCUT2D eigenvalue weighted by atomic mass is 9.89. The van der Waals surface area contributed by atoms with Gasteiger partial charge in [-0.1, -0.05) is 42.0 Å². The summed E-state index contributed by atoms with van der Waals surface area (Å²) in [6.45, 7) is 3.54. The summed E-state index contributed by atoms with van der Waals surface area (Å²) in [7, 11) is 0. The predicted octanol–water partition coefficient (Wildman–Crippen LogP) is 5.35. The second kappa shape index (κ2) is 8.15. The summed E-state index contributed by atoms with van der Waals surface area (Å²) in [6.07, 6.45) is -1.49. The molecule has 5 heteroatoms. The highest BCUT2D eigenvalue weighted by molar-refractivity contribution is 5.76. The van der Waals surface area contributed by atoms with Crippen molar-refractivity contribution in [2.45, 2.75) is 44.7 Å². The number of amides is 1. The molecule has 2 nitrogen and oxygen atoms in total. The zero-order chi connectivity index (χ0) is 19.4. The zero-order valence-electron chi connectivity index (χ0n) is 15.4. The summed E-state index contributed by atoms with van der Waals surface area (Å²) in [5.41, 5.74) is 2.59. The minimum Gasteiger partial charge on any atom is -0.342 e. The fourth-order valence-electron chi connectivity index (χ4n) is 3.67. The van der Waals surface area contributed by atoms with Crippen LogP contribution in [-0.4, -0.2) is 23.9 Å². The van der Waals surface area contributed by atoms with Crippen molar-refractivity contribution in [2.75, 3.05) is 13.1 Å². The molecule has 1 saturated heterocycles. The average Bonchev–Trinajstić information content (AvgIpc) is 2.66. The largest absolute Gasteiger partial charge is 0.416 e. The van der Waals surface area contributed by atoms with E-state index in [1.165, 1.54) is 23.3 Å². The van der Waals surface area contributed by atoms with Gasteiger partial charge in [0, 0.05) is 25.4 Å². The van der Waals surface area contributed by atoms with Gasteiger partial charge < -0.3 is 4.90 Å². The van der Waals surface area contributed by atoms with Crippen LogP contribution < -0.4 is 0 Å². The van der Waals surface area contributed by atoms with Crippen molar-refractivity contribution in [3.63, 3.8) is 0 Å². The van der Waals surface area contributed by atoms with Crippen LogP contribution in [0.2, 0.25) is 0 Å². The van der Waals surface area contributed by atoms with E-state index in [4.69, 9.17) is 0 Å². The Bertz CT molecular complexity index is 783. The van der Waals surface area contributed by atoms with Crippen LogP contribution in [0.1, 0.15) is 47.4 Å². The monoisotopic (exact) mass is 375 g/mol. The Labute approximate surface area is 158 Å². The SMILES string of the molecule is Cc1cccc(C2CCCN(C(=O)CCc3ccc(C(F)(F)F)cc3)C2)c1. The third-order valence-corrected chi connectivity index (χ3v) is 5.20. The second-order valence-corrected chi connectivity index (χ2v) is 7.29. The van der Waals surface area contributed by atoms with Gasteiger partial charge in [-0.15, -0.1) is 0 Å². The second-order valence-electron chi connectivity index (χ2n) is 7.29. The summed E-state index contributed by atoms with van der Waals surface area (Å²) < 4.78 is 37.9. The van der Waals surface area contributed by atoms with Crippen molar-refractivity contribution in [1.29, 1.82) is 0 Å². The van der Waals surface area contributed by atoms with E-state index in [1.807, 2.05) is 4.90 Å². The minimum absolute atomic E-state index is 0.0762. The minimum atomic E-state index is -4.33. The molecule has 0 aromatic heterocycles. The van der Waals surface area contributed by atoms with Gasteiger partial charge in [-0.25, -0.2) is 0 Å². The van der Waals surface area contributed by atoms with Crippen molar-refractivity contribution < 1.29 is 18.0 Å². The first-order valence-electron chi connectivity index (χ1n) is 9.33. The molecule has 2 aromatic carbocycles. The molecule has 2 aromatic rings. The third-order valence-electron chi connectivity index (χ3n) is 5.20. The van der Waals surface area contributed by atoms with Crippen molar-refractivity contribution in [2.24, 2.45) is 0 Å². The molecule has 1 aliphatic heterocycles. The molecule has 0 radical (unpaired) electrons. The van der Waals surface area contributed by atoms with Crippen LogP contribution in [0.5, 0.6) is 0 Å². The normalized spacial score (nSPS) is 17.8. The maximum Gasteiger partial charge on any atom is 0.416 e. The van der Waals surface area contributed by atoms with Gasteiger partial charge in [-0.2, -0.15) is 13.2 Å². The molecule has 1 aliphatic rings. The zero-order valence-corrected chi connectivity index (χ0v) is 15.4. The standard InChI is InChI=1S/C22H24F3NO/c1-16-4-2-5-18(14-16)19-6-3-13-26(15-19)21(27)12-9-17-7-10-20(11-8-17)22(23,24)25/h2,4-5,7-8,10-11,14,19H,3,6,9,12-13,15H2,1H3. The summed E-state index contributed by atoms with van der Waals surface area (Å²) in [4.78, 5) is 14.5. The van der Waals surface area contributed by atoms with E-state index < -0.39 is 11.7 Å². The molecule has 0 N–H and O–H groups in total. The molecule has 0 saturated carbocycles. The van der Waals surface area contributed by atoms with Crippen LogP contribution in [0, 0.1) is 6.92 Å². The maximum absolute atomic E-state index is 12.6. The fourth-order valence-corrected chi connectivity index (χ4v) is 3.67. The number of carbonyl (C=O) groups excluding carboxylic acids is 1. The smallest absolute Gasteiger partial charge is 0.342 e. The number of rotatable bonds is 4. The van der Waals surface area contributed by atoms with E-state index in [2.05, 4.69) is 31.2 Å². The van der Waals surface area contributed by atoms with E-state index in [0.717, 1.165) is 43.6 Å². The van der Waals surface area contributed by atoms with Gasteiger partial charge in [0.05, 0.1) is 5.56 Å². The summed E-state index contributed by atoms with van der Waals surface area (Å²) >= 11 is 0. The fraction of sp³-hybridized carbons (Fsp3) is 0.409. The van der Waals surface area contributed by atoms with Crippen molar-refractivity contribution in [1.82, 2.24) is 4.90 Å². The molecular formula is C22H24F3NO. The van der Waals surface area contributed by atoms with Crippen LogP contribution in [-0.2, 0) is 17.4 Å². The van der Waals surface area contributed by atoms with Crippen molar-refractivity contribution in [3.05, 3.63) is 70.8 Å². The Morgan fingerprint density at radius 2 is 1.89 bits per heavy atom. The van der Waals surface area contributed by atoms with Crippen LogP contribution >= 0.6 is 0 Å².